The molecule has 11 heteroatoms. The molecule has 3 rings (SSSR count). The predicted molar refractivity (Wildman–Crippen MR) is 99.5 cm³/mol. The Labute approximate surface area is 170 Å². The summed E-state index contributed by atoms with van der Waals surface area (Å²) in [4.78, 5) is 22.8. The summed E-state index contributed by atoms with van der Waals surface area (Å²) in [5.74, 6) is -1.58. The highest BCUT2D eigenvalue weighted by molar-refractivity contribution is 5.87. The van der Waals surface area contributed by atoms with Crippen LogP contribution in [0.4, 0.5) is 13.2 Å². The van der Waals surface area contributed by atoms with E-state index in [1.54, 1.807) is 36.3 Å². The third-order valence-corrected chi connectivity index (χ3v) is 4.50. The van der Waals surface area contributed by atoms with E-state index < -0.39 is 12.1 Å². The highest BCUT2D eigenvalue weighted by Crippen LogP contribution is 2.29. The zero-order chi connectivity index (χ0) is 21.6. The fraction of sp³-hybridized carbons (Fsp3) is 0.474. The molecule has 1 amide bonds. The molecule has 2 heterocycles. The van der Waals surface area contributed by atoms with Crippen LogP contribution < -0.4 is 0 Å². The van der Waals surface area contributed by atoms with Gasteiger partial charge in [0.25, 0.3) is 0 Å². The van der Waals surface area contributed by atoms with Crippen LogP contribution in [0.1, 0.15) is 24.3 Å². The average molecular weight is 426 g/mol. The van der Waals surface area contributed by atoms with Crippen molar-refractivity contribution in [3.8, 4) is 11.4 Å². The monoisotopic (exact) mass is 426 g/mol. The average Bonchev–Trinajstić information content (AvgIpc) is 3.23. The first-order valence-corrected chi connectivity index (χ1v) is 9.31. The number of benzene rings is 1. The Morgan fingerprint density at radius 3 is 2.50 bits per heavy atom. The Balaban J connectivity index is 1.51. The van der Waals surface area contributed by atoms with E-state index in [1.807, 2.05) is 0 Å². The summed E-state index contributed by atoms with van der Waals surface area (Å²) in [5, 5.41) is 7.41. The molecule has 162 valence electrons. The molecule has 1 aliphatic rings. The number of amides is 1. The maximum absolute atomic E-state index is 12.6. The minimum atomic E-state index is -4.69. The van der Waals surface area contributed by atoms with E-state index in [2.05, 4.69) is 19.8 Å². The first-order chi connectivity index (χ1) is 14.4. The molecule has 30 heavy (non-hydrogen) atoms. The van der Waals surface area contributed by atoms with E-state index in [4.69, 9.17) is 9.57 Å². The molecule has 2 aromatic rings. The van der Waals surface area contributed by atoms with Crippen molar-refractivity contribution in [2.24, 2.45) is 5.16 Å². The Kier molecular flexibility index (Phi) is 7.03. The molecule has 1 aromatic carbocycles. The number of ether oxygens (including phenoxy) is 1. The zero-order valence-electron chi connectivity index (χ0n) is 16.3. The van der Waals surface area contributed by atoms with Gasteiger partial charge in [0.2, 0.25) is 11.7 Å². The van der Waals surface area contributed by atoms with Gasteiger partial charge in [-0.25, -0.2) is 0 Å². The minimum absolute atomic E-state index is 0.0268. The molecule has 8 nitrogen and oxygen atoms in total. The predicted octanol–water partition coefficient (Wildman–Crippen LogP) is 2.94. The maximum Gasteiger partial charge on any atom is 0.471 e. The molecule has 0 radical (unpaired) electrons. The number of piperidine rings is 1. The minimum Gasteiger partial charge on any atom is -0.393 e. The number of methoxy groups -OCH3 is 1. The molecule has 0 bridgehead atoms. The van der Waals surface area contributed by atoms with Gasteiger partial charge < -0.3 is 19.0 Å². The molecule has 0 N–H and O–H groups in total. The first kappa shape index (κ1) is 21.8. The van der Waals surface area contributed by atoms with Crippen molar-refractivity contribution in [3.63, 3.8) is 0 Å². The summed E-state index contributed by atoms with van der Waals surface area (Å²) in [6.45, 7) is 1.98. The zero-order valence-corrected chi connectivity index (χ0v) is 16.3. The molecule has 1 aliphatic heterocycles. The van der Waals surface area contributed by atoms with Gasteiger partial charge in [-0.05, 0) is 5.56 Å². The second-order valence-electron chi connectivity index (χ2n) is 6.66. The van der Waals surface area contributed by atoms with Gasteiger partial charge in [-0.2, -0.15) is 18.2 Å². The van der Waals surface area contributed by atoms with E-state index in [1.165, 1.54) is 0 Å². The van der Waals surface area contributed by atoms with Gasteiger partial charge in [0.1, 0.15) is 6.61 Å². The molecular formula is C19H21F3N4O4. The Hall–Kier alpha value is -2.95. The normalized spacial score (nSPS) is 14.7. The lowest BCUT2D eigenvalue weighted by atomic mass is 10.1. The molecule has 0 aliphatic carbocycles. The summed E-state index contributed by atoms with van der Waals surface area (Å²) >= 11 is 0. The van der Waals surface area contributed by atoms with Gasteiger partial charge in [0.15, 0.2) is 0 Å². The molecule has 1 saturated heterocycles. The number of hydrogen-bond acceptors (Lipinski definition) is 7. The number of rotatable bonds is 7. The van der Waals surface area contributed by atoms with Crippen LogP contribution in [0.15, 0.2) is 33.9 Å². The summed E-state index contributed by atoms with van der Waals surface area (Å²) in [6, 6.07) is 6.45. The van der Waals surface area contributed by atoms with Crippen LogP contribution in [0.2, 0.25) is 0 Å². The van der Waals surface area contributed by atoms with Crippen molar-refractivity contribution < 1.29 is 32.1 Å². The number of alkyl halides is 3. The smallest absolute Gasteiger partial charge is 0.393 e. The van der Waals surface area contributed by atoms with Crippen LogP contribution in [0.3, 0.4) is 0 Å². The lowest BCUT2D eigenvalue weighted by molar-refractivity contribution is -0.159. The lowest BCUT2D eigenvalue weighted by Gasteiger charge is -2.27. The number of nitrogens with zero attached hydrogens (tertiary/aromatic N) is 4. The Morgan fingerprint density at radius 1 is 1.20 bits per heavy atom. The third-order valence-electron chi connectivity index (χ3n) is 4.50. The van der Waals surface area contributed by atoms with Crippen molar-refractivity contribution in [2.75, 3.05) is 33.4 Å². The van der Waals surface area contributed by atoms with Gasteiger partial charge in [0.05, 0.1) is 18.7 Å². The van der Waals surface area contributed by atoms with Gasteiger partial charge in [0, 0.05) is 38.6 Å². The molecule has 1 aromatic heterocycles. The fourth-order valence-corrected chi connectivity index (χ4v) is 2.88. The van der Waals surface area contributed by atoms with Crippen LogP contribution in [0.25, 0.3) is 11.4 Å². The second-order valence-corrected chi connectivity index (χ2v) is 6.66. The number of hydrogen-bond donors (Lipinski definition) is 0. The van der Waals surface area contributed by atoms with Crippen molar-refractivity contribution in [1.29, 1.82) is 0 Å². The number of halogens is 3. The van der Waals surface area contributed by atoms with Crippen LogP contribution in [-0.2, 0) is 27.0 Å². The number of likely N-dealkylation sites (tertiary alicyclic amines) is 1. The van der Waals surface area contributed by atoms with E-state index in [0.717, 1.165) is 11.3 Å². The van der Waals surface area contributed by atoms with Gasteiger partial charge in [-0.1, -0.05) is 34.6 Å². The van der Waals surface area contributed by atoms with E-state index in [0.29, 0.717) is 44.7 Å². The van der Waals surface area contributed by atoms with Gasteiger partial charge in [-0.15, -0.1) is 0 Å². The summed E-state index contributed by atoms with van der Waals surface area (Å²) in [6.07, 6.45) is -3.20. The molecular weight excluding hydrogens is 405 g/mol. The van der Waals surface area contributed by atoms with E-state index >= 15 is 0 Å². The van der Waals surface area contributed by atoms with Crippen LogP contribution in [-0.4, -0.2) is 60.1 Å². The Bertz CT molecular complexity index is 871. The van der Waals surface area contributed by atoms with Crippen molar-refractivity contribution >= 4 is 11.6 Å². The molecule has 0 saturated carbocycles. The molecule has 0 spiro atoms. The van der Waals surface area contributed by atoms with E-state index in [-0.39, 0.29) is 18.2 Å². The number of oxime groups is 1. The summed E-state index contributed by atoms with van der Waals surface area (Å²) in [5.41, 5.74) is 2.03. The van der Waals surface area contributed by atoms with Gasteiger partial charge >= 0.3 is 12.1 Å². The molecule has 1 fully saturated rings. The van der Waals surface area contributed by atoms with Crippen molar-refractivity contribution in [2.45, 2.75) is 25.4 Å². The van der Waals surface area contributed by atoms with Crippen molar-refractivity contribution in [1.82, 2.24) is 15.0 Å². The van der Waals surface area contributed by atoms with Crippen LogP contribution in [0, 0.1) is 0 Å². The lowest BCUT2D eigenvalue weighted by Crippen LogP contribution is -2.39. The first-order valence-electron chi connectivity index (χ1n) is 9.31. The molecule has 0 unspecified atom stereocenters. The third kappa shape index (κ3) is 5.78. The van der Waals surface area contributed by atoms with Crippen LogP contribution in [0.5, 0.6) is 0 Å². The highest BCUT2D eigenvalue weighted by atomic mass is 19.4. The summed E-state index contributed by atoms with van der Waals surface area (Å²) in [7, 11) is 1.59. The second kappa shape index (κ2) is 9.70. The Morgan fingerprint density at radius 2 is 1.90 bits per heavy atom. The number of aromatic nitrogens is 2. The SMILES string of the molecule is COCCON=C1CCN(C(=O)Cc2ccc(-c3noc(C(F)(F)F)n3)cc2)CC1. The van der Waals surface area contributed by atoms with Gasteiger partial charge in [-0.3, -0.25) is 4.79 Å². The quantitative estimate of drug-likeness (QED) is 0.500. The highest BCUT2D eigenvalue weighted by Gasteiger charge is 2.38. The van der Waals surface area contributed by atoms with Crippen molar-refractivity contribution in [3.05, 3.63) is 35.7 Å². The largest absolute Gasteiger partial charge is 0.471 e. The fourth-order valence-electron chi connectivity index (χ4n) is 2.88. The maximum atomic E-state index is 12.6. The standard InChI is InChI=1S/C19H21F3N4O4/c1-28-10-11-29-24-15-6-8-26(9-7-15)16(27)12-13-2-4-14(5-3-13)17-23-18(30-25-17)19(20,21)22/h2-5H,6-12H2,1H3. The van der Waals surface area contributed by atoms with Crippen LogP contribution >= 0.6 is 0 Å². The topological polar surface area (TPSA) is 90.1 Å². The number of carbonyl (C=O) groups excluding carboxylic acids is 1. The van der Waals surface area contributed by atoms with E-state index in [9.17, 15) is 18.0 Å². The number of carbonyl (C=O) groups is 1. The summed E-state index contributed by atoms with van der Waals surface area (Å²) < 4.78 is 46.8. The molecule has 0 atom stereocenters.